The predicted molar refractivity (Wildman–Crippen MR) is 123 cm³/mol. The van der Waals surface area contributed by atoms with Gasteiger partial charge in [-0.2, -0.15) is 0 Å². The van der Waals surface area contributed by atoms with Crippen LogP contribution in [0.4, 0.5) is 0 Å². The summed E-state index contributed by atoms with van der Waals surface area (Å²) in [7, 11) is 0. The molecule has 0 spiro atoms. The molecule has 0 aliphatic carbocycles. The number of benzene rings is 2. The molecule has 0 unspecified atom stereocenters. The highest BCUT2D eigenvalue weighted by molar-refractivity contribution is 5.97. The second-order valence-corrected chi connectivity index (χ2v) is 7.30. The third-order valence-corrected chi connectivity index (χ3v) is 5.21. The summed E-state index contributed by atoms with van der Waals surface area (Å²) in [6.45, 7) is 2.17. The van der Waals surface area contributed by atoms with Crippen LogP contribution in [0.3, 0.4) is 0 Å². The zero-order valence-corrected chi connectivity index (χ0v) is 18.1. The monoisotopic (exact) mass is 436 g/mol. The van der Waals surface area contributed by atoms with Crippen LogP contribution in [-0.4, -0.2) is 26.9 Å². The van der Waals surface area contributed by atoms with Gasteiger partial charge in [-0.05, 0) is 30.2 Å². The van der Waals surface area contributed by atoms with Crippen molar-refractivity contribution in [3.8, 4) is 5.75 Å². The largest absolute Gasteiger partial charge is 0.485 e. The number of halogens is 1. The highest BCUT2D eigenvalue weighted by atomic mass is 35.5. The van der Waals surface area contributed by atoms with Crippen LogP contribution in [0.5, 0.6) is 5.75 Å². The van der Waals surface area contributed by atoms with Gasteiger partial charge in [-0.15, -0.1) is 12.4 Å². The number of hydrogen-bond acceptors (Lipinski definition) is 4. The Bertz CT molecular complexity index is 1140. The van der Waals surface area contributed by atoms with E-state index in [1.54, 1.807) is 4.40 Å². The number of Topliss-reactive ketones (excluding diaryl/α,β-unsaturated/α-hetero) is 1. The molecule has 0 saturated carbocycles. The zero-order chi connectivity index (χ0) is 20.9. The Morgan fingerprint density at radius 2 is 1.71 bits per heavy atom. The minimum Gasteiger partial charge on any atom is -0.485 e. The maximum Gasteiger partial charge on any atom is 0.182 e. The van der Waals surface area contributed by atoms with Crippen LogP contribution in [0.1, 0.15) is 39.6 Å². The molecule has 5 nitrogen and oxygen atoms in total. The van der Waals surface area contributed by atoms with Crippen LogP contribution >= 0.6 is 12.4 Å². The van der Waals surface area contributed by atoms with E-state index in [0.717, 1.165) is 11.1 Å². The normalized spacial score (nSPS) is 11.7. The molecule has 31 heavy (non-hydrogen) atoms. The molecule has 2 aromatic heterocycles. The van der Waals surface area contributed by atoms with Crippen LogP contribution < -0.4 is 4.74 Å². The van der Waals surface area contributed by atoms with Gasteiger partial charge in [0, 0.05) is 18.5 Å². The highest BCUT2D eigenvalue weighted by Gasteiger charge is 2.22. The Hall–Kier alpha value is -3.15. The summed E-state index contributed by atoms with van der Waals surface area (Å²) in [4.78, 5) is 17.8. The number of aliphatic hydroxyl groups excluding tert-OH is 1. The van der Waals surface area contributed by atoms with E-state index in [1.807, 2.05) is 85.9 Å². The average Bonchev–Trinajstić information content (AvgIpc) is 3.13. The summed E-state index contributed by atoms with van der Waals surface area (Å²) in [5, 5.41) is 9.84. The molecule has 0 saturated heterocycles. The third kappa shape index (κ3) is 4.95. The standard InChI is InChI=1S/C25H24N2O3.ClH/c1-18-24(22(29)15-21(16-28)20-11-6-3-7-12-20)27-14-8-13-23(25(27)26-18)30-17-19-9-4-2-5-10-19;/h2-14,21,28H,15-17H2,1H3;1H/t21-;/m0./s1. The molecule has 0 aliphatic rings. The molecule has 1 N–H and O–H groups in total. The van der Waals surface area contributed by atoms with Crippen molar-refractivity contribution in [3.63, 3.8) is 0 Å². The maximum absolute atomic E-state index is 13.2. The topological polar surface area (TPSA) is 63.8 Å². The van der Waals surface area contributed by atoms with Crippen molar-refractivity contribution >= 4 is 23.8 Å². The van der Waals surface area contributed by atoms with Gasteiger partial charge in [0.25, 0.3) is 0 Å². The lowest BCUT2D eigenvalue weighted by Crippen LogP contribution is -2.13. The van der Waals surface area contributed by atoms with Gasteiger partial charge in [0.15, 0.2) is 17.2 Å². The molecular formula is C25H25ClN2O3. The van der Waals surface area contributed by atoms with Gasteiger partial charge < -0.3 is 9.84 Å². The lowest BCUT2D eigenvalue weighted by Gasteiger charge is -2.14. The van der Waals surface area contributed by atoms with Gasteiger partial charge in [-0.3, -0.25) is 9.20 Å². The fourth-order valence-corrected chi connectivity index (χ4v) is 3.67. The Labute approximate surface area is 187 Å². The average molecular weight is 437 g/mol. The predicted octanol–water partition coefficient (Wildman–Crippen LogP) is 4.99. The summed E-state index contributed by atoms with van der Waals surface area (Å²) in [6, 6.07) is 23.3. The van der Waals surface area contributed by atoms with Crippen molar-refractivity contribution in [3.05, 3.63) is 102 Å². The van der Waals surface area contributed by atoms with Crippen molar-refractivity contribution in [1.82, 2.24) is 9.38 Å². The van der Waals surface area contributed by atoms with Crippen LogP contribution in [0.15, 0.2) is 79.0 Å². The first-order valence-electron chi connectivity index (χ1n) is 10.0. The van der Waals surface area contributed by atoms with Gasteiger partial charge >= 0.3 is 0 Å². The van der Waals surface area contributed by atoms with E-state index in [1.165, 1.54) is 0 Å². The second-order valence-electron chi connectivity index (χ2n) is 7.30. The molecule has 4 rings (SSSR count). The van der Waals surface area contributed by atoms with Crippen molar-refractivity contribution in [1.29, 1.82) is 0 Å². The van der Waals surface area contributed by atoms with Gasteiger partial charge in [0.2, 0.25) is 0 Å². The van der Waals surface area contributed by atoms with Crippen LogP contribution in [-0.2, 0) is 6.61 Å². The Balaban J connectivity index is 0.00000272. The number of pyridine rings is 1. The van der Waals surface area contributed by atoms with Crippen molar-refractivity contribution in [2.45, 2.75) is 25.9 Å². The number of ether oxygens (including phenoxy) is 1. The van der Waals surface area contributed by atoms with E-state index < -0.39 is 0 Å². The number of ketones is 1. The van der Waals surface area contributed by atoms with E-state index >= 15 is 0 Å². The van der Waals surface area contributed by atoms with E-state index in [0.29, 0.717) is 29.4 Å². The van der Waals surface area contributed by atoms with Crippen molar-refractivity contribution < 1.29 is 14.6 Å². The molecule has 0 aliphatic heterocycles. The van der Waals surface area contributed by atoms with Gasteiger partial charge in [-0.25, -0.2) is 4.98 Å². The molecule has 2 heterocycles. The fourth-order valence-electron chi connectivity index (χ4n) is 3.67. The van der Waals surface area contributed by atoms with Crippen molar-refractivity contribution in [2.24, 2.45) is 0 Å². The van der Waals surface area contributed by atoms with Gasteiger partial charge in [0.05, 0.1) is 12.3 Å². The molecule has 2 aromatic carbocycles. The number of carbonyl (C=O) groups excluding carboxylic acids is 1. The number of fused-ring (bicyclic) bond motifs is 1. The number of aliphatic hydroxyl groups is 1. The first kappa shape index (κ1) is 22.5. The minimum atomic E-state index is -0.249. The summed E-state index contributed by atoms with van der Waals surface area (Å²) in [6.07, 6.45) is 2.04. The number of carbonyl (C=O) groups is 1. The van der Waals surface area contributed by atoms with Gasteiger partial charge in [0.1, 0.15) is 12.3 Å². The Morgan fingerprint density at radius 3 is 2.39 bits per heavy atom. The molecule has 6 heteroatoms. The number of rotatable bonds is 8. The molecule has 0 fully saturated rings. The van der Waals surface area contributed by atoms with Crippen molar-refractivity contribution in [2.75, 3.05) is 6.61 Å². The minimum absolute atomic E-state index is 0. The Kier molecular flexibility index (Phi) is 7.45. The van der Waals surface area contributed by atoms with Crippen LogP contribution in [0.25, 0.3) is 5.65 Å². The fraction of sp³-hybridized carbons (Fsp3) is 0.200. The summed E-state index contributed by atoms with van der Waals surface area (Å²) in [5.41, 5.74) is 3.82. The lowest BCUT2D eigenvalue weighted by atomic mass is 9.93. The van der Waals surface area contributed by atoms with E-state index in [9.17, 15) is 9.90 Å². The van der Waals surface area contributed by atoms with Crippen LogP contribution in [0, 0.1) is 6.92 Å². The third-order valence-electron chi connectivity index (χ3n) is 5.21. The quantitative estimate of drug-likeness (QED) is 0.395. The highest BCUT2D eigenvalue weighted by Crippen LogP contribution is 2.26. The SMILES string of the molecule is Cc1nc2c(OCc3ccccc3)cccn2c1C(=O)C[C@@H](CO)c1ccccc1.Cl. The smallest absolute Gasteiger partial charge is 0.182 e. The van der Waals surface area contributed by atoms with Gasteiger partial charge in [-0.1, -0.05) is 60.7 Å². The number of aryl methyl sites for hydroxylation is 1. The number of nitrogens with zero attached hydrogens (tertiary/aromatic N) is 2. The number of aromatic nitrogens is 2. The molecular weight excluding hydrogens is 412 g/mol. The molecule has 0 radical (unpaired) electrons. The zero-order valence-electron chi connectivity index (χ0n) is 17.3. The number of hydrogen-bond donors (Lipinski definition) is 1. The Morgan fingerprint density at radius 1 is 1.03 bits per heavy atom. The first-order valence-corrected chi connectivity index (χ1v) is 10.0. The van der Waals surface area contributed by atoms with E-state index in [4.69, 9.17) is 4.74 Å². The maximum atomic E-state index is 13.2. The molecule has 0 bridgehead atoms. The summed E-state index contributed by atoms with van der Waals surface area (Å²) in [5.74, 6) is 0.328. The molecule has 0 amide bonds. The molecule has 4 aromatic rings. The van der Waals surface area contributed by atoms with E-state index in [-0.39, 0.29) is 37.1 Å². The summed E-state index contributed by atoms with van der Waals surface area (Å²) >= 11 is 0. The first-order chi connectivity index (χ1) is 14.7. The molecule has 1 atom stereocenters. The van der Waals surface area contributed by atoms with E-state index in [2.05, 4.69) is 4.98 Å². The second kappa shape index (κ2) is 10.2. The lowest BCUT2D eigenvalue weighted by molar-refractivity contribution is 0.0953. The summed E-state index contributed by atoms with van der Waals surface area (Å²) < 4.78 is 7.78. The molecule has 160 valence electrons. The number of imidazole rings is 1. The van der Waals surface area contributed by atoms with Crippen LogP contribution in [0.2, 0.25) is 0 Å².